The van der Waals surface area contributed by atoms with E-state index in [0.29, 0.717) is 19.0 Å². The third kappa shape index (κ3) is 6.16. The summed E-state index contributed by atoms with van der Waals surface area (Å²) in [5, 5.41) is 16.5. The van der Waals surface area contributed by atoms with Crippen LogP contribution in [0.2, 0.25) is 0 Å². The predicted molar refractivity (Wildman–Crippen MR) is 207 cm³/mol. The summed E-state index contributed by atoms with van der Waals surface area (Å²) in [5.74, 6) is 1.74. The number of fused-ring (bicyclic) bond motifs is 4. The molecule has 0 heterocycles. The van der Waals surface area contributed by atoms with Gasteiger partial charge in [0, 0.05) is 24.2 Å². The van der Waals surface area contributed by atoms with Gasteiger partial charge in [-0.1, -0.05) is 121 Å². The Hall–Kier alpha value is -5.68. The van der Waals surface area contributed by atoms with Crippen molar-refractivity contribution in [3.05, 3.63) is 163 Å². The quantitative estimate of drug-likeness (QED) is 0.149. The molecule has 0 spiro atoms. The Morgan fingerprint density at radius 1 is 0.580 bits per heavy atom. The lowest BCUT2D eigenvalue weighted by Gasteiger charge is -2.20. The highest BCUT2D eigenvalue weighted by Crippen LogP contribution is 2.47. The first kappa shape index (κ1) is 31.6. The van der Waals surface area contributed by atoms with E-state index in [2.05, 4.69) is 146 Å². The van der Waals surface area contributed by atoms with Crippen LogP contribution in [0.4, 0.5) is 0 Å². The number of aliphatic hydroxyl groups excluding tert-OH is 1. The minimum atomic E-state index is -0.0840. The number of methoxy groups -OCH3 is 1. The van der Waals surface area contributed by atoms with Gasteiger partial charge in [0.25, 0.3) is 0 Å². The van der Waals surface area contributed by atoms with E-state index in [9.17, 15) is 5.11 Å². The van der Waals surface area contributed by atoms with Crippen molar-refractivity contribution in [3.8, 4) is 33.8 Å². The van der Waals surface area contributed by atoms with Crippen LogP contribution in [0.5, 0.6) is 11.5 Å². The molecule has 4 heteroatoms. The molecule has 50 heavy (non-hydrogen) atoms. The fourth-order valence-electron chi connectivity index (χ4n) is 7.07. The first-order valence-corrected chi connectivity index (χ1v) is 17.1. The highest BCUT2D eigenvalue weighted by molar-refractivity contribution is 6.11. The molecule has 246 valence electrons. The van der Waals surface area contributed by atoms with Gasteiger partial charge >= 0.3 is 0 Å². The van der Waals surface area contributed by atoms with Crippen molar-refractivity contribution in [2.45, 2.75) is 0 Å². The molecular weight excluding hydrogens is 617 g/mol. The van der Waals surface area contributed by atoms with Crippen molar-refractivity contribution in [2.75, 3.05) is 33.5 Å². The van der Waals surface area contributed by atoms with Crippen molar-refractivity contribution >= 4 is 37.9 Å². The molecule has 6 aromatic rings. The van der Waals surface area contributed by atoms with Crippen molar-refractivity contribution < 1.29 is 19.3 Å². The molecule has 8 rings (SSSR count). The number of allylic oxidation sites excluding steroid dienone is 10. The fraction of sp³-hybridized carbons (Fsp3) is 0.130. The van der Waals surface area contributed by atoms with Crippen LogP contribution in [0.25, 0.3) is 60.1 Å². The standard InChI is InChI=1S/C46H38O4/c1-48-25-26-50-44-22-18-39-29-37(35-12-6-11-31-7-2-4-9-33(31)27-35)15-19-42(39)46(44)45-41-20-16-38(30-40(41)17-21-43(45)49-24-23-47)36-14-13-32-8-3-5-10-34(32)28-36/h2-22,27-31,47H,23-26H2,1H3. The lowest BCUT2D eigenvalue weighted by atomic mass is 9.89. The number of benzene rings is 6. The first-order chi connectivity index (χ1) is 24.7. The Labute approximate surface area is 292 Å². The van der Waals surface area contributed by atoms with E-state index in [4.69, 9.17) is 14.2 Å². The van der Waals surface area contributed by atoms with Crippen LogP contribution in [0.3, 0.4) is 0 Å². The molecule has 0 saturated heterocycles. The zero-order valence-electron chi connectivity index (χ0n) is 28.0. The van der Waals surface area contributed by atoms with Crippen LogP contribution in [0, 0.1) is 5.92 Å². The fourth-order valence-corrected chi connectivity index (χ4v) is 7.07. The molecule has 2 aliphatic rings. The topological polar surface area (TPSA) is 47.9 Å². The molecule has 0 amide bonds. The first-order valence-electron chi connectivity index (χ1n) is 17.1. The maximum Gasteiger partial charge on any atom is 0.128 e. The van der Waals surface area contributed by atoms with Crippen LogP contribution in [-0.2, 0) is 4.74 Å². The van der Waals surface area contributed by atoms with E-state index in [1.54, 1.807) is 7.11 Å². The van der Waals surface area contributed by atoms with Crippen molar-refractivity contribution in [1.29, 1.82) is 0 Å². The molecule has 1 unspecified atom stereocenters. The maximum atomic E-state index is 9.77. The van der Waals surface area contributed by atoms with Gasteiger partial charge in [-0.15, -0.1) is 0 Å². The molecule has 0 radical (unpaired) electrons. The summed E-state index contributed by atoms with van der Waals surface area (Å²) in [6.07, 6.45) is 17.5. The molecule has 0 fully saturated rings. The SMILES string of the molecule is COCCOc1ccc2cc(C3=CC=CC4C=CC=CC4=C3)ccc2c1-c1c(OCCO)ccc2cc(-c3ccc4ccccc4c3)ccc12. The van der Waals surface area contributed by atoms with Gasteiger partial charge in [-0.2, -0.15) is 0 Å². The van der Waals surface area contributed by atoms with E-state index >= 15 is 0 Å². The summed E-state index contributed by atoms with van der Waals surface area (Å²) in [6.45, 7) is 0.978. The largest absolute Gasteiger partial charge is 0.491 e. The van der Waals surface area contributed by atoms with Gasteiger partial charge in [0.1, 0.15) is 24.7 Å². The van der Waals surface area contributed by atoms with Crippen LogP contribution >= 0.6 is 0 Å². The van der Waals surface area contributed by atoms with Gasteiger partial charge in [0.05, 0.1) is 13.2 Å². The Morgan fingerprint density at radius 2 is 1.20 bits per heavy atom. The molecule has 0 saturated carbocycles. The summed E-state index contributed by atoms with van der Waals surface area (Å²) >= 11 is 0. The smallest absolute Gasteiger partial charge is 0.128 e. The summed E-state index contributed by atoms with van der Waals surface area (Å²) in [7, 11) is 1.68. The maximum absolute atomic E-state index is 9.77. The van der Waals surface area contributed by atoms with Crippen molar-refractivity contribution in [3.63, 3.8) is 0 Å². The van der Waals surface area contributed by atoms with E-state index in [1.165, 1.54) is 21.9 Å². The van der Waals surface area contributed by atoms with E-state index in [-0.39, 0.29) is 19.1 Å². The molecule has 1 N–H and O–H groups in total. The number of rotatable bonds is 10. The van der Waals surface area contributed by atoms with Gasteiger partial charge in [-0.25, -0.2) is 0 Å². The summed E-state index contributed by atoms with van der Waals surface area (Å²) in [5.41, 5.74) is 7.79. The van der Waals surface area contributed by atoms with Gasteiger partial charge in [0.15, 0.2) is 0 Å². The molecular formula is C46H38O4. The number of aliphatic hydroxyl groups is 1. The Morgan fingerprint density at radius 3 is 1.94 bits per heavy atom. The van der Waals surface area contributed by atoms with Gasteiger partial charge in [-0.05, 0) is 90.5 Å². The number of ether oxygens (including phenoxy) is 3. The minimum absolute atomic E-state index is 0.0840. The van der Waals surface area contributed by atoms with E-state index < -0.39 is 0 Å². The third-order valence-corrected chi connectivity index (χ3v) is 9.54. The molecule has 0 aliphatic heterocycles. The summed E-state index contributed by atoms with van der Waals surface area (Å²) in [6, 6.07) is 36.6. The predicted octanol–water partition coefficient (Wildman–Crippen LogP) is 10.5. The van der Waals surface area contributed by atoms with Crippen molar-refractivity contribution in [1.82, 2.24) is 0 Å². The van der Waals surface area contributed by atoms with Crippen LogP contribution in [-0.4, -0.2) is 38.6 Å². The van der Waals surface area contributed by atoms with Crippen LogP contribution < -0.4 is 9.47 Å². The Bertz CT molecular complexity index is 2390. The van der Waals surface area contributed by atoms with Gasteiger partial charge in [0.2, 0.25) is 0 Å². The van der Waals surface area contributed by atoms with Crippen LogP contribution in [0.1, 0.15) is 5.56 Å². The third-order valence-electron chi connectivity index (χ3n) is 9.54. The van der Waals surface area contributed by atoms with E-state index in [1.807, 2.05) is 6.07 Å². The second-order valence-corrected chi connectivity index (χ2v) is 12.6. The molecule has 1 atom stereocenters. The highest BCUT2D eigenvalue weighted by Gasteiger charge is 2.21. The Balaban J connectivity index is 1.30. The average molecular weight is 655 g/mol. The second kappa shape index (κ2) is 14.0. The monoisotopic (exact) mass is 654 g/mol. The zero-order valence-corrected chi connectivity index (χ0v) is 28.0. The van der Waals surface area contributed by atoms with Gasteiger partial charge in [-0.3, -0.25) is 0 Å². The highest BCUT2D eigenvalue weighted by atomic mass is 16.5. The van der Waals surface area contributed by atoms with E-state index in [0.717, 1.165) is 55.1 Å². The zero-order chi connectivity index (χ0) is 33.9. The Kier molecular flexibility index (Phi) is 8.87. The number of hydrogen-bond acceptors (Lipinski definition) is 4. The minimum Gasteiger partial charge on any atom is -0.491 e. The average Bonchev–Trinajstić information content (AvgIpc) is 3.39. The summed E-state index contributed by atoms with van der Waals surface area (Å²) < 4.78 is 18.0. The lowest BCUT2D eigenvalue weighted by Crippen LogP contribution is -2.07. The molecule has 6 aromatic carbocycles. The normalized spacial score (nSPS) is 15.2. The van der Waals surface area contributed by atoms with Crippen molar-refractivity contribution in [2.24, 2.45) is 5.92 Å². The lowest BCUT2D eigenvalue weighted by molar-refractivity contribution is 0.146. The molecule has 0 aromatic heterocycles. The van der Waals surface area contributed by atoms with Gasteiger partial charge < -0.3 is 19.3 Å². The number of hydrogen-bond donors (Lipinski definition) is 1. The second-order valence-electron chi connectivity index (χ2n) is 12.6. The molecule has 2 aliphatic carbocycles. The molecule has 0 bridgehead atoms. The molecule has 4 nitrogen and oxygen atoms in total. The van der Waals surface area contributed by atoms with Crippen LogP contribution in [0.15, 0.2) is 157 Å². The summed E-state index contributed by atoms with van der Waals surface area (Å²) in [4.78, 5) is 0.